The van der Waals surface area contributed by atoms with Crippen LogP contribution in [-0.2, 0) is 4.79 Å². The largest absolute Gasteiger partial charge is 0.324 e. The maximum Gasteiger partial charge on any atom is 0.238 e. The summed E-state index contributed by atoms with van der Waals surface area (Å²) in [5.41, 5.74) is 4.21. The minimum Gasteiger partial charge on any atom is -0.324 e. The lowest BCUT2D eigenvalue weighted by Crippen LogP contribution is -2.31. The van der Waals surface area contributed by atoms with E-state index in [0.29, 0.717) is 0 Å². The van der Waals surface area contributed by atoms with E-state index in [9.17, 15) is 4.79 Å². The zero-order valence-electron chi connectivity index (χ0n) is 14.5. The molecule has 1 atom stereocenters. The molecule has 1 amide bonds. The molecule has 0 saturated heterocycles. The summed E-state index contributed by atoms with van der Waals surface area (Å²) in [4.78, 5) is 13.7. The number of hydrogen-bond donors (Lipinski definition) is 2. The second-order valence-electron chi connectivity index (χ2n) is 6.06. The predicted molar refractivity (Wildman–Crippen MR) is 105 cm³/mol. The van der Waals surface area contributed by atoms with Gasteiger partial charge in [-0.25, -0.2) is 0 Å². The van der Waals surface area contributed by atoms with Crippen LogP contribution < -0.4 is 10.6 Å². The fraction of sp³-hybridized carbons (Fsp3) is 0.190. The average molecular weight is 350 g/mol. The Labute approximate surface area is 152 Å². The molecule has 3 nitrogen and oxygen atoms in total. The molecule has 0 unspecified atom stereocenters. The molecule has 25 heavy (non-hydrogen) atoms. The Morgan fingerprint density at radius 1 is 0.960 bits per heavy atom. The Balaban J connectivity index is 1.70. The first-order valence-corrected chi connectivity index (χ1v) is 9.21. The molecule has 0 bridgehead atoms. The maximum absolute atomic E-state index is 12.5. The molecule has 0 radical (unpaired) electrons. The second-order valence-corrected chi connectivity index (χ2v) is 7.03. The lowest BCUT2D eigenvalue weighted by molar-refractivity contribution is -0.115. The van der Waals surface area contributed by atoms with E-state index in [1.165, 1.54) is 4.88 Å². The molecule has 4 heteroatoms. The van der Waals surface area contributed by atoms with E-state index in [1.54, 1.807) is 11.3 Å². The van der Waals surface area contributed by atoms with Crippen LogP contribution in [0.2, 0.25) is 0 Å². The van der Waals surface area contributed by atoms with Gasteiger partial charge in [0.05, 0.1) is 12.6 Å². The van der Waals surface area contributed by atoms with Gasteiger partial charge in [0.25, 0.3) is 0 Å². The summed E-state index contributed by atoms with van der Waals surface area (Å²) in [6, 6.07) is 20.4. The van der Waals surface area contributed by atoms with Crippen LogP contribution in [0.25, 0.3) is 0 Å². The van der Waals surface area contributed by atoms with Crippen molar-refractivity contribution in [3.05, 3.63) is 87.6 Å². The topological polar surface area (TPSA) is 41.1 Å². The average Bonchev–Trinajstić information content (AvgIpc) is 3.14. The van der Waals surface area contributed by atoms with E-state index in [1.807, 2.05) is 56.3 Å². The Morgan fingerprint density at radius 3 is 2.32 bits per heavy atom. The highest BCUT2D eigenvalue weighted by molar-refractivity contribution is 7.10. The van der Waals surface area contributed by atoms with Gasteiger partial charge < -0.3 is 5.32 Å². The first kappa shape index (κ1) is 17.4. The summed E-state index contributed by atoms with van der Waals surface area (Å²) in [5, 5.41) is 8.49. The number of hydrogen-bond acceptors (Lipinski definition) is 3. The number of amides is 1. The number of aryl methyl sites for hydroxylation is 2. The van der Waals surface area contributed by atoms with Crippen LogP contribution in [0.15, 0.2) is 66.0 Å². The highest BCUT2D eigenvalue weighted by atomic mass is 32.1. The third-order valence-electron chi connectivity index (χ3n) is 4.17. The number of anilines is 1. The van der Waals surface area contributed by atoms with Crippen molar-refractivity contribution in [2.24, 2.45) is 0 Å². The number of benzene rings is 2. The standard InChI is InChI=1S/C21H22N2OS/c1-15-8-6-9-16(2)20(15)23-19(24)14-22-21(18-12-7-13-25-18)17-10-4-3-5-11-17/h3-13,21-22H,14H2,1-2H3,(H,23,24)/t21-/m0/s1. The molecule has 0 aliphatic carbocycles. The third kappa shape index (κ3) is 4.35. The molecule has 0 aliphatic rings. The van der Waals surface area contributed by atoms with Crippen molar-refractivity contribution in [1.82, 2.24) is 5.32 Å². The molecule has 0 aliphatic heterocycles. The van der Waals surface area contributed by atoms with Gasteiger partial charge in [0, 0.05) is 10.6 Å². The van der Waals surface area contributed by atoms with Gasteiger partial charge in [0.1, 0.15) is 0 Å². The van der Waals surface area contributed by atoms with Crippen molar-refractivity contribution < 1.29 is 4.79 Å². The second kappa shape index (κ2) is 8.10. The van der Waals surface area contributed by atoms with Gasteiger partial charge in [-0.3, -0.25) is 10.1 Å². The molecular weight excluding hydrogens is 328 g/mol. The normalized spacial score (nSPS) is 11.9. The van der Waals surface area contributed by atoms with Crippen molar-refractivity contribution in [2.45, 2.75) is 19.9 Å². The molecule has 0 fully saturated rings. The van der Waals surface area contributed by atoms with E-state index in [-0.39, 0.29) is 18.5 Å². The van der Waals surface area contributed by atoms with Crippen LogP contribution in [0.3, 0.4) is 0 Å². The smallest absolute Gasteiger partial charge is 0.238 e. The molecule has 0 saturated carbocycles. The number of carbonyl (C=O) groups excluding carboxylic acids is 1. The Hall–Kier alpha value is -2.43. The minimum absolute atomic E-state index is 0.0184. The van der Waals surface area contributed by atoms with Gasteiger partial charge in [0.15, 0.2) is 0 Å². The van der Waals surface area contributed by atoms with Gasteiger partial charge in [-0.1, -0.05) is 54.6 Å². The first-order chi connectivity index (χ1) is 12.1. The highest BCUT2D eigenvalue weighted by Gasteiger charge is 2.16. The predicted octanol–water partition coefficient (Wildman–Crippen LogP) is 4.68. The van der Waals surface area contributed by atoms with E-state index < -0.39 is 0 Å². The molecule has 3 aromatic rings. The van der Waals surface area contributed by atoms with Crippen LogP contribution in [0.4, 0.5) is 5.69 Å². The van der Waals surface area contributed by atoms with Gasteiger partial charge in [-0.15, -0.1) is 11.3 Å². The van der Waals surface area contributed by atoms with Crippen molar-refractivity contribution in [3.8, 4) is 0 Å². The number of para-hydroxylation sites is 1. The zero-order chi connectivity index (χ0) is 17.6. The monoisotopic (exact) mass is 350 g/mol. The summed E-state index contributed by atoms with van der Waals surface area (Å²) < 4.78 is 0. The van der Waals surface area contributed by atoms with Crippen molar-refractivity contribution in [1.29, 1.82) is 0 Å². The van der Waals surface area contributed by atoms with E-state index in [4.69, 9.17) is 0 Å². The molecule has 1 aromatic heterocycles. The van der Waals surface area contributed by atoms with Crippen LogP contribution in [0.5, 0.6) is 0 Å². The summed E-state index contributed by atoms with van der Waals surface area (Å²) in [6.07, 6.45) is 0. The lowest BCUT2D eigenvalue weighted by Gasteiger charge is -2.18. The van der Waals surface area contributed by atoms with Crippen LogP contribution >= 0.6 is 11.3 Å². The van der Waals surface area contributed by atoms with Crippen LogP contribution in [0.1, 0.15) is 27.6 Å². The Bertz CT molecular complexity index is 808. The zero-order valence-corrected chi connectivity index (χ0v) is 15.3. The molecule has 2 N–H and O–H groups in total. The number of carbonyl (C=O) groups is 1. The third-order valence-corrected chi connectivity index (χ3v) is 5.11. The molecule has 128 valence electrons. The van der Waals surface area contributed by atoms with E-state index in [2.05, 4.69) is 34.2 Å². The first-order valence-electron chi connectivity index (χ1n) is 8.33. The molecule has 2 aromatic carbocycles. The van der Waals surface area contributed by atoms with E-state index in [0.717, 1.165) is 22.4 Å². The van der Waals surface area contributed by atoms with Gasteiger partial charge in [-0.05, 0) is 42.0 Å². The van der Waals surface area contributed by atoms with Gasteiger partial charge in [0.2, 0.25) is 5.91 Å². The van der Waals surface area contributed by atoms with Crippen LogP contribution in [-0.4, -0.2) is 12.5 Å². The van der Waals surface area contributed by atoms with Gasteiger partial charge >= 0.3 is 0 Å². The Kier molecular flexibility index (Phi) is 5.64. The summed E-state index contributed by atoms with van der Waals surface area (Å²) in [5.74, 6) is -0.0325. The molecule has 1 heterocycles. The van der Waals surface area contributed by atoms with Crippen molar-refractivity contribution in [3.63, 3.8) is 0 Å². The lowest BCUT2D eigenvalue weighted by atomic mass is 10.1. The molecule has 3 rings (SSSR count). The SMILES string of the molecule is Cc1cccc(C)c1NC(=O)CN[C@@H](c1ccccc1)c1cccs1. The minimum atomic E-state index is -0.0325. The number of nitrogens with one attached hydrogen (secondary N) is 2. The van der Waals surface area contributed by atoms with E-state index >= 15 is 0 Å². The molecular formula is C21H22N2OS. The number of rotatable bonds is 6. The Morgan fingerprint density at radius 2 is 1.68 bits per heavy atom. The number of thiophene rings is 1. The summed E-state index contributed by atoms with van der Waals surface area (Å²) >= 11 is 1.69. The summed E-state index contributed by atoms with van der Waals surface area (Å²) in [7, 11) is 0. The maximum atomic E-state index is 12.5. The fourth-order valence-corrected chi connectivity index (χ4v) is 3.70. The van der Waals surface area contributed by atoms with Gasteiger partial charge in [-0.2, -0.15) is 0 Å². The van der Waals surface area contributed by atoms with Crippen molar-refractivity contribution in [2.75, 3.05) is 11.9 Å². The summed E-state index contributed by atoms with van der Waals surface area (Å²) in [6.45, 7) is 4.27. The van der Waals surface area contributed by atoms with Crippen molar-refractivity contribution >= 4 is 22.9 Å². The quantitative estimate of drug-likeness (QED) is 0.677. The molecule has 0 spiro atoms. The highest BCUT2D eigenvalue weighted by Crippen LogP contribution is 2.26. The fourth-order valence-electron chi connectivity index (χ4n) is 2.87. The van der Waals surface area contributed by atoms with Crippen LogP contribution in [0, 0.1) is 13.8 Å².